The maximum atomic E-state index is 5.92. The molecule has 1 aliphatic rings. The van der Waals surface area contributed by atoms with Gasteiger partial charge in [-0.15, -0.1) is 0 Å². The van der Waals surface area contributed by atoms with Crippen molar-refractivity contribution in [3.63, 3.8) is 0 Å². The third-order valence-corrected chi connectivity index (χ3v) is 6.86. The molecule has 1 fully saturated rings. The number of pyridine rings is 1. The topological polar surface area (TPSA) is 51.6 Å². The maximum absolute atomic E-state index is 5.92. The van der Waals surface area contributed by atoms with Crippen LogP contribution in [0.4, 0.5) is 5.69 Å². The Hall–Kier alpha value is -3.84. The molecule has 1 aliphatic heterocycles. The van der Waals surface area contributed by atoms with E-state index in [2.05, 4.69) is 63.9 Å². The number of nitrogens with one attached hydrogen (secondary N) is 1. The second kappa shape index (κ2) is 9.43. The molecule has 0 spiro atoms. The van der Waals surface area contributed by atoms with Gasteiger partial charge in [0.2, 0.25) is 0 Å². The largest absolute Gasteiger partial charge is 0.497 e. The van der Waals surface area contributed by atoms with E-state index in [9.17, 15) is 0 Å². The van der Waals surface area contributed by atoms with E-state index in [0.717, 1.165) is 40.0 Å². The molecule has 35 heavy (non-hydrogen) atoms. The van der Waals surface area contributed by atoms with Crippen molar-refractivity contribution >= 4 is 23.0 Å². The van der Waals surface area contributed by atoms with Gasteiger partial charge < -0.3 is 24.3 Å². The Bertz CT molecular complexity index is 1350. The van der Waals surface area contributed by atoms with Gasteiger partial charge in [-0.05, 0) is 74.1 Å². The van der Waals surface area contributed by atoms with Gasteiger partial charge in [0.1, 0.15) is 11.5 Å². The summed E-state index contributed by atoms with van der Waals surface area (Å²) >= 11 is 5.92. The van der Waals surface area contributed by atoms with Crippen LogP contribution in [0.2, 0.25) is 0 Å². The normalized spacial score (nSPS) is 17.4. The van der Waals surface area contributed by atoms with E-state index in [1.807, 2.05) is 48.7 Å². The first-order valence-electron chi connectivity index (χ1n) is 11.5. The monoisotopic (exact) mass is 484 g/mol. The minimum Gasteiger partial charge on any atom is -0.497 e. The fraction of sp³-hybridized carbons (Fsp3) is 0.214. The highest BCUT2D eigenvalue weighted by molar-refractivity contribution is 7.80. The van der Waals surface area contributed by atoms with Crippen LogP contribution in [0.25, 0.3) is 5.69 Å². The molecule has 0 aliphatic carbocycles. The summed E-state index contributed by atoms with van der Waals surface area (Å²) in [5.41, 5.74) is 6.37. The van der Waals surface area contributed by atoms with Crippen LogP contribution in [0, 0.1) is 13.8 Å². The molecular formula is C28H28N4O2S. The second-order valence-electron chi connectivity index (χ2n) is 8.53. The number of thiocarbonyl (C=S) groups is 1. The standard InChI is InChI=1S/C28H28N4O2S/c1-18-16-22(19(2)31(18)20-10-6-5-7-11-20)27-26(23-12-8-9-15-29-23)30-28(35)32(27)24-17-21(33-3)13-14-25(24)34-4/h5-17,26-27H,1-4H3,(H,30,35)/t26-,27-/m0/s1. The van der Waals surface area contributed by atoms with Crippen molar-refractivity contribution in [2.75, 3.05) is 19.1 Å². The Kier molecular flexibility index (Phi) is 6.17. The number of rotatable bonds is 6. The Morgan fingerprint density at radius 1 is 0.914 bits per heavy atom. The number of methoxy groups -OCH3 is 2. The van der Waals surface area contributed by atoms with Crippen LogP contribution < -0.4 is 19.7 Å². The average Bonchev–Trinajstić information content (AvgIpc) is 3.39. The van der Waals surface area contributed by atoms with E-state index in [1.54, 1.807) is 14.2 Å². The van der Waals surface area contributed by atoms with E-state index in [0.29, 0.717) is 5.11 Å². The number of aryl methyl sites for hydroxylation is 1. The van der Waals surface area contributed by atoms with Gasteiger partial charge in [0.05, 0.1) is 37.7 Å². The zero-order valence-corrected chi connectivity index (χ0v) is 21.0. The number of ether oxygens (including phenoxy) is 2. The molecule has 7 heteroatoms. The van der Waals surface area contributed by atoms with Gasteiger partial charge in [-0.25, -0.2) is 0 Å². The summed E-state index contributed by atoms with van der Waals surface area (Å²) in [6.07, 6.45) is 1.82. The summed E-state index contributed by atoms with van der Waals surface area (Å²) in [5, 5.41) is 4.15. The van der Waals surface area contributed by atoms with E-state index in [1.165, 1.54) is 5.56 Å². The predicted molar refractivity (Wildman–Crippen MR) is 143 cm³/mol. The number of para-hydroxylation sites is 1. The molecule has 1 saturated heterocycles. The first kappa shape index (κ1) is 22.9. The molecule has 2 aromatic carbocycles. The van der Waals surface area contributed by atoms with Crippen LogP contribution in [0.3, 0.4) is 0 Å². The van der Waals surface area contributed by atoms with Gasteiger partial charge in [0.15, 0.2) is 5.11 Å². The van der Waals surface area contributed by atoms with Crippen molar-refractivity contribution in [3.8, 4) is 17.2 Å². The fourth-order valence-electron chi connectivity index (χ4n) is 4.98. The third kappa shape index (κ3) is 4.02. The van der Waals surface area contributed by atoms with Gasteiger partial charge in [0, 0.05) is 29.3 Å². The highest BCUT2D eigenvalue weighted by Crippen LogP contribution is 2.47. The Morgan fingerprint density at radius 2 is 1.69 bits per heavy atom. The minimum atomic E-state index is -0.151. The number of anilines is 1. The highest BCUT2D eigenvalue weighted by atomic mass is 32.1. The molecule has 1 N–H and O–H groups in total. The molecular weight excluding hydrogens is 456 g/mol. The smallest absolute Gasteiger partial charge is 0.174 e. The van der Waals surface area contributed by atoms with E-state index in [4.69, 9.17) is 21.7 Å². The SMILES string of the molecule is COc1ccc(OC)c(N2C(=S)N[C@@H](c3ccccn3)[C@@H]2c2cc(C)n(-c3ccccc3)c2C)c1. The van der Waals surface area contributed by atoms with Crippen molar-refractivity contribution in [2.45, 2.75) is 25.9 Å². The van der Waals surface area contributed by atoms with E-state index >= 15 is 0 Å². The zero-order chi connectivity index (χ0) is 24.5. The summed E-state index contributed by atoms with van der Waals surface area (Å²) in [4.78, 5) is 6.81. The van der Waals surface area contributed by atoms with Gasteiger partial charge in [-0.3, -0.25) is 4.98 Å². The number of aromatic nitrogens is 2. The number of hydrogen-bond acceptors (Lipinski definition) is 4. The molecule has 178 valence electrons. The quantitative estimate of drug-likeness (QED) is 0.355. The van der Waals surface area contributed by atoms with Gasteiger partial charge in [-0.2, -0.15) is 0 Å². The number of nitrogens with zero attached hydrogens (tertiary/aromatic N) is 3. The van der Waals surface area contributed by atoms with Crippen LogP contribution in [-0.4, -0.2) is 28.9 Å². The van der Waals surface area contributed by atoms with Crippen LogP contribution in [-0.2, 0) is 0 Å². The third-order valence-electron chi connectivity index (χ3n) is 6.55. The first-order chi connectivity index (χ1) is 17.0. The van der Waals surface area contributed by atoms with Crippen LogP contribution in [0.5, 0.6) is 11.5 Å². The predicted octanol–water partition coefficient (Wildman–Crippen LogP) is 5.68. The van der Waals surface area contributed by atoms with Gasteiger partial charge in [0.25, 0.3) is 0 Å². The summed E-state index contributed by atoms with van der Waals surface area (Å²) in [6.45, 7) is 4.30. The molecule has 6 nitrogen and oxygen atoms in total. The van der Waals surface area contributed by atoms with Crippen LogP contribution in [0.1, 0.15) is 34.7 Å². The fourth-order valence-corrected chi connectivity index (χ4v) is 5.32. The first-order valence-corrected chi connectivity index (χ1v) is 11.9. The molecule has 2 aromatic heterocycles. The van der Waals surface area contributed by atoms with Crippen LogP contribution >= 0.6 is 12.2 Å². The lowest BCUT2D eigenvalue weighted by Crippen LogP contribution is -2.30. The molecule has 2 atom stereocenters. The molecule has 0 bridgehead atoms. The second-order valence-corrected chi connectivity index (χ2v) is 8.92. The summed E-state index contributed by atoms with van der Waals surface area (Å²) in [5.74, 6) is 1.46. The summed E-state index contributed by atoms with van der Waals surface area (Å²) in [6, 6.07) is 24.1. The number of hydrogen-bond donors (Lipinski definition) is 1. The van der Waals surface area contributed by atoms with Crippen molar-refractivity contribution < 1.29 is 9.47 Å². The van der Waals surface area contributed by atoms with Crippen molar-refractivity contribution in [1.82, 2.24) is 14.9 Å². The molecule has 5 rings (SSSR count). The van der Waals surface area contributed by atoms with Crippen molar-refractivity contribution in [3.05, 3.63) is 102 Å². The number of benzene rings is 2. The Balaban J connectivity index is 1.72. The molecule has 0 unspecified atom stereocenters. The lowest BCUT2D eigenvalue weighted by atomic mass is 9.96. The Morgan fingerprint density at radius 3 is 2.37 bits per heavy atom. The maximum Gasteiger partial charge on any atom is 0.174 e. The molecule has 0 saturated carbocycles. The van der Waals surface area contributed by atoms with E-state index < -0.39 is 0 Å². The zero-order valence-electron chi connectivity index (χ0n) is 20.2. The minimum absolute atomic E-state index is 0.149. The summed E-state index contributed by atoms with van der Waals surface area (Å²) in [7, 11) is 3.33. The van der Waals surface area contributed by atoms with Crippen LogP contribution in [0.15, 0.2) is 79.0 Å². The van der Waals surface area contributed by atoms with Gasteiger partial charge >= 0.3 is 0 Å². The Labute approximate surface area is 211 Å². The summed E-state index contributed by atoms with van der Waals surface area (Å²) < 4.78 is 13.6. The highest BCUT2D eigenvalue weighted by Gasteiger charge is 2.43. The lowest BCUT2D eigenvalue weighted by Gasteiger charge is -2.29. The van der Waals surface area contributed by atoms with E-state index in [-0.39, 0.29) is 12.1 Å². The van der Waals surface area contributed by atoms with Gasteiger partial charge in [-0.1, -0.05) is 24.3 Å². The average molecular weight is 485 g/mol. The molecule has 0 radical (unpaired) electrons. The molecule has 0 amide bonds. The lowest BCUT2D eigenvalue weighted by molar-refractivity contribution is 0.403. The molecule has 4 aromatic rings. The van der Waals surface area contributed by atoms with Crippen molar-refractivity contribution in [2.24, 2.45) is 0 Å². The molecule has 3 heterocycles. The van der Waals surface area contributed by atoms with Crippen molar-refractivity contribution in [1.29, 1.82) is 0 Å².